The number of carbonyl (C=O) groups is 1. The topological polar surface area (TPSA) is 49.3 Å². The molecular weight excluding hydrogens is 274 g/mol. The van der Waals surface area contributed by atoms with Crippen molar-refractivity contribution < 1.29 is 9.90 Å². The Morgan fingerprint density at radius 3 is 1.50 bits per heavy atom. The van der Waals surface area contributed by atoms with Crippen molar-refractivity contribution in [1.29, 1.82) is 0 Å². The van der Waals surface area contributed by atoms with Crippen molar-refractivity contribution in [2.75, 3.05) is 6.54 Å². The zero-order valence-electron chi connectivity index (χ0n) is 15.0. The molecule has 0 aliphatic rings. The average molecular weight is 314 g/mol. The van der Waals surface area contributed by atoms with Crippen LogP contribution in [-0.4, -0.2) is 23.7 Å². The van der Waals surface area contributed by atoms with Crippen molar-refractivity contribution in [2.24, 2.45) is 0 Å². The van der Waals surface area contributed by atoms with Crippen LogP contribution in [0.2, 0.25) is 0 Å². The molecule has 0 heterocycles. The van der Waals surface area contributed by atoms with E-state index < -0.39 is 6.10 Å². The van der Waals surface area contributed by atoms with E-state index in [-0.39, 0.29) is 5.91 Å². The molecule has 0 bridgehead atoms. The third-order valence-electron chi connectivity index (χ3n) is 4.21. The van der Waals surface area contributed by atoms with Crippen molar-refractivity contribution in [2.45, 2.75) is 110 Å². The van der Waals surface area contributed by atoms with Crippen molar-refractivity contribution in [3.8, 4) is 0 Å². The lowest BCUT2D eigenvalue weighted by Gasteiger charge is -2.06. The zero-order chi connectivity index (χ0) is 16.5. The SMILES string of the molecule is CCCCCCCCCCCCCCCCNC(=O)[C@@H](C)O. The number of aliphatic hydroxyl groups excluding tert-OH is 1. The Hall–Kier alpha value is -0.570. The van der Waals surface area contributed by atoms with Gasteiger partial charge in [-0.3, -0.25) is 4.79 Å². The van der Waals surface area contributed by atoms with Crippen LogP contribution in [0, 0.1) is 0 Å². The van der Waals surface area contributed by atoms with Gasteiger partial charge in [0.05, 0.1) is 0 Å². The van der Waals surface area contributed by atoms with Gasteiger partial charge in [0.25, 0.3) is 0 Å². The lowest BCUT2D eigenvalue weighted by molar-refractivity contribution is -0.128. The number of rotatable bonds is 16. The molecule has 0 aromatic heterocycles. The molecule has 0 aliphatic heterocycles. The van der Waals surface area contributed by atoms with Gasteiger partial charge < -0.3 is 10.4 Å². The smallest absolute Gasteiger partial charge is 0.248 e. The van der Waals surface area contributed by atoms with Gasteiger partial charge in [-0.05, 0) is 13.3 Å². The molecule has 2 N–H and O–H groups in total. The Labute approximate surface area is 138 Å². The van der Waals surface area contributed by atoms with E-state index in [4.69, 9.17) is 5.11 Å². The lowest BCUT2D eigenvalue weighted by Crippen LogP contribution is -2.33. The highest BCUT2D eigenvalue weighted by Crippen LogP contribution is 2.12. The van der Waals surface area contributed by atoms with Crippen LogP contribution >= 0.6 is 0 Å². The Morgan fingerprint density at radius 2 is 1.14 bits per heavy atom. The maximum Gasteiger partial charge on any atom is 0.248 e. The molecule has 0 aliphatic carbocycles. The third-order valence-corrected chi connectivity index (χ3v) is 4.21. The van der Waals surface area contributed by atoms with Gasteiger partial charge in [-0.15, -0.1) is 0 Å². The predicted molar refractivity (Wildman–Crippen MR) is 95.0 cm³/mol. The minimum absolute atomic E-state index is 0.255. The molecule has 0 radical (unpaired) electrons. The second-order valence-corrected chi connectivity index (χ2v) is 6.56. The molecule has 0 spiro atoms. The highest BCUT2D eigenvalue weighted by molar-refractivity contribution is 5.79. The van der Waals surface area contributed by atoms with Gasteiger partial charge in [-0.2, -0.15) is 0 Å². The molecular formula is C19H39NO2. The molecule has 132 valence electrons. The van der Waals surface area contributed by atoms with Crippen molar-refractivity contribution in [3.63, 3.8) is 0 Å². The molecule has 22 heavy (non-hydrogen) atoms. The fourth-order valence-electron chi connectivity index (χ4n) is 2.68. The summed E-state index contributed by atoms with van der Waals surface area (Å²) in [7, 11) is 0. The van der Waals surface area contributed by atoms with E-state index in [1.807, 2.05) is 0 Å². The van der Waals surface area contributed by atoms with Crippen molar-refractivity contribution >= 4 is 5.91 Å². The van der Waals surface area contributed by atoms with E-state index in [1.54, 1.807) is 0 Å². The van der Waals surface area contributed by atoms with Gasteiger partial charge in [-0.1, -0.05) is 90.4 Å². The van der Waals surface area contributed by atoms with Gasteiger partial charge >= 0.3 is 0 Å². The summed E-state index contributed by atoms with van der Waals surface area (Å²) >= 11 is 0. The van der Waals surface area contributed by atoms with Crippen LogP contribution < -0.4 is 5.32 Å². The van der Waals surface area contributed by atoms with Gasteiger partial charge in [0.1, 0.15) is 6.10 Å². The van der Waals surface area contributed by atoms with Gasteiger partial charge in [-0.25, -0.2) is 0 Å². The van der Waals surface area contributed by atoms with Gasteiger partial charge in [0.15, 0.2) is 0 Å². The fourth-order valence-corrected chi connectivity index (χ4v) is 2.68. The average Bonchev–Trinajstić information content (AvgIpc) is 2.50. The maximum absolute atomic E-state index is 11.1. The maximum atomic E-state index is 11.1. The van der Waals surface area contributed by atoms with Crippen LogP contribution in [0.15, 0.2) is 0 Å². The Kier molecular flexibility index (Phi) is 16.4. The first-order valence-corrected chi connectivity index (χ1v) is 9.64. The second kappa shape index (κ2) is 16.8. The van der Waals surface area contributed by atoms with Gasteiger partial charge in [0.2, 0.25) is 5.91 Å². The van der Waals surface area contributed by atoms with Crippen LogP contribution in [0.5, 0.6) is 0 Å². The normalized spacial score (nSPS) is 12.3. The molecule has 3 nitrogen and oxygen atoms in total. The quantitative estimate of drug-likeness (QED) is 0.395. The molecule has 1 amide bonds. The minimum atomic E-state index is -0.883. The number of unbranched alkanes of at least 4 members (excludes halogenated alkanes) is 13. The summed E-state index contributed by atoms with van der Waals surface area (Å²) < 4.78 is 0. The molecule has 0 fully saturated rings. The summed E-state index contributed by atoms with van der Waals surface area (Å²) in [5, 5.41) is 11.8. The number of hydrogen-bond acceptors (Lipinski definition) is 2. The largest absolute Gasteiger partial charge is 0.384 e. The molecule has 3 heteroatoms. The summed E-state index contributed by atoms with van der Waals surface area (Å²) in [5.41, 5.74) is 0. The number of nitrogens with one attached hydrogen (secondary N) is 1. The number of amides is 1. The molecule has 0 unspecified atom stereocenters. The second-order valence-electron chi connectivity index (χ2n) is 6.56. The zero-order valence-corrected chi connectivity index (χ0v) is 15.0. The van der Waals surface area contributed by atoms with E-state index in [2.05, 4.69) is 12.2 Å². The summed E-state index contributed by atoms with van der Waals surface area (Å²) in [6.07, 6.45) is 17.9. The van der Waals surface area contributed by atoms with Crippen molar-refractivity contribution in [1.82, 2.24) is 5.32 Å². The standard InChI is InChI=1S/C19H39NO2/c1-3-4-5-6-7-8-9-10-11-12-13-14-15-16-17-20-19(22)18(2)21/h18,21H,3-17H2,1-2H3,(H,20,22)/t18-/m1/s1. The first-order valence-electron chi connectivity index (χ1n) is 9.64. The van der Waals surface area contributed by atoms with Crippen molar-refractivity contribution in [3.05, 3.63) is 0 Å². The lowest BCUT2D eigenvalue weighted by atomic mass is 10.0. The molecule has 1 atom stereocenters. The number of hydrogen-bond donors (Lipinski definition) is 2. The van der Waals surface area contributed by atoms with Crippen LogP contribution in [0.3, 0.4) is 0 Å². The van der Waals surface area contributed by atoms with Gasteiger partial charge in [0, 0.05) is 6.54 Å². The van der Waals surface area contributed by atoms with E-state index >= 15 is 0 Å². The Bertz CT molecular complexity index is 242. The number of aliphatic hydroxyl groups is 1. The van der Waals surface area contributed by atoms with E-state index in [9.17, 15) is 4.79 Å². The molecule has 0 saturated heterocycles. The summed E-state index contributed by atoms with van der Waals surface area (Å²) in [6.45, 7) is 4.47. The van der Waals surface area contributed by atoms with Crippen LogP contribution in [-0.2, 0) is 4.79 Å². The first kappa shape index (κ1) is 21.4. The monoisotopic (exact) mass is 313 g/mol. The fraction of sp³-hybridized carbons (Fsp3) is 0.947. The van der Waals surface area contributed by atoms with Crippen LogP contribution in [0.25, 0.3) is 0 Å². The molecule has 0 rings (SSSR count). The minimum Gasteiger partial charge on any atom is -0.384 e. The molecule has 0 aromatic rings. The summed E-state index contributed by atoms with van der Waals surface area (Å²) in [6, 6.07) is 0. The van der Waals surface area contributed by atoms with Crippen LogP contribution in [0.4, 0.5) is 0 Å². The summed E-state index contributed by atoms with van der Waals surface area (Å²) in [5.74, 6) is -0.255. The third kappa shape index (κ3) is 15.8. The van der Waals surface area contributed by atoms with E-state index in [0.717, 1.165) is 6.42 Å². The van der Waals surface area contributed by atoms with Crippen LogP contribution in [0.1, 0.15) is 104 Å². The van der Waals surface area contributed by atoms with E-state index in [0.29, 0.717) is 6.54 Å². The first-order chi connectivity index (χ1) is 10.7. The number of carbonyl (C=O) groups excluding carboxylic acids is 1. The molecule has 0 aromatic carbocycles. The highest BCUT2D eigenvalue weighted by Gasteiger charge is 2.06. The highest BCUT2D eigenvalue weighted by atomic mass is 16.3. The summed E-state index contributed by atoms with van der Waals surface area (Å²) in [4.78, 5) is 11.1. The Morgan fingerprint density at radius 1 is 0.773 bits per heavy atom. The van der Waals surface area contributed by atoms with E-state index in [1.165, 1.54) is 90.4 Å². The predicted octanol–water partition coefficient (Wildman–Crippen LogP) is 4.96. The molecule has 0 saturated carbocycles. The Balaban J connectivity index is 3.04.